The lowest BCUT2D eigenvalue weighted by Gasteiger charge is -2.12. The first-order chi connectivity index (χ1) is 8.72. The van der Waals surface area contributed by atoms with Gasteiger partial charge in [-0.15, -0.1) is 0 Å². The molecule has 2 nitrogen and oxygen atoms in total. The highest BCUT2D eigenvalue weighted by atomic mass is 127. The Kier molecular flexibility index (Phi) is 4.54. The fourth-order valence-corrected chi connectivity index (χ4v) is 2.16. The molecule has 18 heavy (non-hydrogen) atoms. The van der Waals surface area contributed by atoms with Crippen LogP contribution in [0.5, 0.6) is 11.5 Å². The second-order valence-corrected chi connectivity index (χ2v) is 4.96. The van der Waals surface area contributed by atoms with Crippen LogP contribution in [0.1, 0.15) is 5.56 Å². The highest BCUT2D eigenvalue weighted by Crippen LogP contribution is 2.31. The van der Waals surface area contributed by atoms with Crippen LogP contribution in [0.2, 0.25) is 0 Å². The summed E-state index contributed by atoms with van der Waals surface area (Å²) in [6.45, 7) is 0.464. The van der Waals surface area contributed by atoms with E-state index in [1.54, 1.807) is 6.07 Å². The molecule has 94 valence electrons. The molecule has 0 saturated heterocycles. The second kappa shape index (κ2) is 6.15. The van der Waals surface area contributed by atoms with Crippen molar-refractivity contribution in [2.24, 2.45) is 5.73 Å². The van der Waals surface area contributed by atoms with Gasteiger partial charge >= 0.3 is 0 Å². The van der Waals surface area contributed by atoms with Crippen molar-refractivity contribution in [3.63, 3.8) is 0 Å². The highest BCUT2D eigenvalue weighted by molar-refractivity contribution is 14.1. The smallest absolute Gasteiger partial charge is 0.166 e. The Morgan fingerprint density at radius 3 is 2.61 bits per heavy atom. The fraction of sp³-hybridized carbons (Fsp3) is 0.143. The van der Waals surface area contributed by atoms with E-state index in [0.29, 0.717) is 18.7 Å². The maximum Gasteiger partial charge on any atom is 0.166 e. The molecule has 2 aromatic rings. The van der Waals surface area contributed by atoms with Gasteiger partial charge in [0.25, 0.3) is 0 Å². The van der Waals surface area contributed by atoms with E-state index in [4.69, 9.17) is 10.5 Å². The predicted octanol–water partition coefficient (Wildman–Crippen LogP) is 3.72. The van der Waals surface area contributed by atoms with Crippen LogP contribution in [-0.4, -0.2) is 6.54 Å². The number of benzene rings is 2. The average Bonchev–Trinajstić information content (AvgIpc) is 2.36. The standard InChI is InChI=1S/C14H13FINO/c15-11-5-3-4-10(8-9-17)14(11)18-13-7-2-1-6-12(13)16/h1-7H,8-9,17H2. The number of ether oxygens (including phenoxy) is 1. The first kappa shape index (κ1) is 13.3. The lowest BCUT2D eigenvalue weighted by molar-refractivity contribution is 0.434. The van der Waals surface area contributed by atoms with Gasteiger partial charge in [-0.2, -0.15) is 0 Å². The Hall–Kier alpha value is -1.14. The van der Waals surface area contributed by atoms with Crippen molar-refractivity contribution in [1.29, 1.82) is 0 Å². The van der Waals surface area contributed by atoms with Gasteiger partial charge in [0.05, 0.1) is 3.57 Å². The third kappa shape index (κ3) is 3.00. The summed E-state index contributed by atoms with van der Waals surface area (Å²) in [6, 6.07) is 12.4. The van der Waals surface area contributed by atoms with Crippen molar-refractivity contribution in [3.05, 3.63) is 57.4 Å². The largest absolute Gasteiger partial charge is 0.453 e. The molecule has 4 heteroatoms. The minimum absolute atomic E-state index is 0.270. The number of hydrogen-bond acceptors (Lipinski definition) is 2. The van der Waals surface area contributed by atoms with Gasteiger partial charge in [0.2, 0.25) is 0 Å². The molecule has 0 atom stereocenters. The third-order valence-corrected chi connectivity index (χ3v) is 3.40. The molecule has 2 N–H and O–H groups in total. The first-order valence-corrected chi connectivity index (χ1v) is 6.70. The van der Waals surface area contributed by atoms with Crippen LogP contribution in [0.4, 0.5) is 4.39 Å². The molecule has 2 rings (SSSR count). The maximum atomic E-state index is 13.8. The van der Waals surface area contributed by atoms with Crippen LogP contribution in [0.15, 0.2) is 42.5 Å². The molecule has 0 radical (unpaired) electrons. The van der Waals surface area contributed by atoms with E-state index < -0.39 is 0 Å². The van der Waals surface area contributed by atoms with Gasteiger partial charge in [0.1, 0.15) is 5.75 Å². The van der Waals surface area contributed by atoms with Crippen molar-refractivity contribution in [3.8, 4) is 11.5 Å². The van der Waals surface area contributed by atoms with E-state index in [2.05, 4.69) is 22.6 Å². The van der Waals surface area contributed by atoms with Gasteiger partial charge in [-0.25, -0.2) is 4.39 Å². The van der Waals surface area contributed by atoms with E-state index in [1.165, 1.54) is 6.07 Å². The van der Waals surface area contributed by atoms with Crippen LogP contribution in [0.3, 0.4) is 0 Å². The molecule has 0 aliphatic heterocycles. The van der Waals surface area contributed by atoms with Crippen LogP contribution < -0.4 is 10.5 Å². The van der Waals surface area contributed by atoms with Crippen molar-refractivity contribution >= 4 is 22.6 Å². The van der Waals surface area contributed by atoms with E-state index in [-0.39, 0.29) is 11.6 Å². The summed E-state index contributed by atoms with van der Waals surface area (Å²) in [5, 5.41) is 0. The second-order valence-electron chi connectivity index (χ2n) is 3.80. The molecule has 2 aromatic carbocycles. The summed E-state index contributed by atoms with van der Waals surface area (Å²) in [6.07, 6.45) is 0.594. The monoisotopic (exact) mass is 357 g/mol. The number of para-hydroxylation sites is 2. The normalized spacial score (nSPS) is 10.4. The van der Waals surface area contributed by atoms with Crippen LogP contribution in [-0.2, 0) is 6.42 Å². The van der Waals surface area contributed by atoms with Crippen LogP contribution in [0.25, 0.3) is 0 Å². The summed E-state index contributed by atoms with van der Waals surface area (Å²) in [7, 11) is 0. The van der Waals surface area contributed by atoms with Gasteiger partial charge in [0.15, 0.2) is 11.6 Å². The molecule has 0 fully saturated rings. The summed E-state index contributed by atoms with van der Waals surface area (Å²) in [5.74, 6) is 0.564. The zero-order chi connectivity index (χ0) is 13.0. The summed E-state index contributed by atoms with van der Waals surface area (Å²) in [5.41, 5.74) is 6.31. The Labute approximate surface area is 119 Å². The van der Waals surface area contributed by atoms with Crippen molar-refractivity contribution < 1.29 is 9.13 Å². The summed E-state index contributed by atoms with van der Waals surface area (Å²) in [4.78, 5) is 0. The molecule has 0 amide bonds. The third-order valence-electron chi connectivity index (χ3n) is 2.51. The highest BCUT2D eigenvalue weighted by Gasteiger charge is 2.11. The van der Waals surface area contributed by atoms with Gasteiger partial charge in [-0.3, -0.25) is 0 Å². The zero-order valence-electron chi connectivity index (χ0n) is 9.70. The Balaban J connectivity index is 2.36. The maximum absolute atomic E-state index is 13.8. The van der Waals surface area contributed by atoms with Crippen molar-refractivity contribution in [2.75, 3.05) is 6.54 Å². The van der Waals surface area contributed by atoms with Gasteiger partial charge in [0, 0.05) is 0 Å². The number of hydrogen-bond donors (Lipinski definition) is 1. The molecule has 0 heterocycles. The molecule has 0 aliphatic rings. The molecular formula is C14H13FINO. The van der Waals surface area contributed by atoms with Crippen LogP contribution >= 0.6 is 22.6 Å². The van der Waals surface area contributed by atoms with E-state index >= 15 is 0 Å². The van der Waals surface area contributed by atoms with Gasteiger partial charge in [-0.1, -0.05) is 24.3 Å². The van der Waals surface area contributed by atoms with E-state index in [1.807, 2.05) is 30.3 Å². The van der Waals surface area contributed by atoms with Crippen molar-refractivity contribution in [2.45, 2.75) is 6.42 Å². The number of rotatable bonds is 4. The molecule has 0 spiro atoms. The predicted molar refractivity (Wildman–Crippen MR) is 78.4 cm³/mol. The summed E-state index contributed by atoms with van der Waals surface area (Å²) >= 11 is 2.16. The van der Waals surface area contributed by atoms with Gasteiger partial charge < -0.3 is 10.5 Å². The summed E-state index contributed by atoms with van der Waals surface area (Å²) < 4.78 is 20.4. The molecule has 0 aliphatic carbocycles. The molecule has 0 aromatic heterocycles. The minimum atomic E-state index is -0.361. The van der Waals surface area contributed by atoms with Crippen LogP contribution in [0, 0.1) is 9.39 Å². The molecular weight excluding hydrogens is 344 g/mol. The quantitative estimate of drug-likeness (QED) is 0.847. The Bertz CT molecular complexity index is 545. The Morgan fingerprint density at radius 2 is 1.89 bits per heavy atom. The fourth-order valence-electron chi connectivity index (χ4n) is 1.66. The van der Waals surface area contributed by atoms with E-state index in [0.717, 1.165) is 9.13 Å². The van der Waals surface area contributed by atoms with E-state index in [9.17, 15) is 4.39 Å². The zero-order valence-corrected chi connectivity index (χ0v) is 11.9. The number of nitrogens with two attached hydrogens (primary N) is 1. The average molecular weight is 357 g/mol. The number of halogens is 2. The van der Waals surface area contributed by atoms with Gasteiger partial charge in [-0.05, 0) is 59.3 Å². The molecule has 0 unspecified atom stereocenters. The minimum Gasteiger partial charge on any atom is -0.453 e. The van der Waals surface area contributed by atoms with Crippen molar-refractivity contribution in [1.82, 2.24) is 0 Å². The lowest BCUT2D eigenvalue weighted by atomic mass is 10.1. The Morgan fingerprint density at radius 1 is 1.11 bits per heavy atom. The molecule has 0 bridgehead atoms. The molecule has 0 saturated carbocycles. The topological polar surface area (TPSA) is 35.2 Å². The lowest BCUT2D eigenvalue weighted by Crippen LogP contribution is -2.05. The SMILES string of the molecule is NCCc1cccc(F)c1Oc1ccccc1I. The first-order valence-electron chi connectivity index (χ1n) is 5.62.